The lowest BCUT2D eigenvalue weighted by Crippen LogP contribution is -2.44. The molecular weight excluding hydrogens is 340 g/mol. The van der Waals surface area contributed by atoms with Crippen LogP contribution in [-0.4, -0.2) is 57.8 Å². The first-order valence-electron chi connectivity index (χ1n) is 8.36. The Labute approximate surface area is 148 Å². The van der Waals surface area contributed by atoms with Gasteiger partial charge in [-0.05, 0) is 38.8 Å². The molecule has 0 spiro atoms. The predicted molar refractivity (Wildman–Crippen MR) is 95.0 cm³/mol. The molecule has 9 heteroatoms. The van der Waals surface area contributed by atoms with Crippen LogP contribution >= 0.6 is 0 Å². The van der Waals surface area contributed by atoms with Crippen molar-refractivity contribution in [2.75, 3.05) is 20.6 Å². The molecule has 1 atom stereocenters. The highest BCUT2D eigenvalue weighted by molar-refractivity contribution is 7.86. The van der Waals surface area contributed by atoms with Gasteiger partial charge in [0.05, 0.1) is 17.4 Å². The summed E-state index contributed by atoms with van der Waals surface area (Å²) in [5.41, 5.74) is 3.12. The lowest BCUT2D eigenvalue weighted by atomic mass is 10.0. The van der Waals surface area contributed by atoms with Crippen LogP contribution < -0.4 is 0 Å². The number of aryl methyl sites for hydroxylation is 2. The average Bonchev–Trinajstić information content (AvgIpc) is 3.00. The summed E-state index contributed by atoms with van der Waals surface area (Å²) >= 11 is 0. The van der Waals surface area contributed by atoms with Crippen molar-refractivity contribution in [2.24, 2.45) is 0 Å². The van der Waals surface area contributed by atoms with Crippen molar-refractivity contribution in [3.63, 3.8) is 0 Å². The molecule has 0 amide bonds. The summed E-state index contributed by atoms with van der Waals surface area (Å²) in [4.78, 5) is 9.00. The van der Waals surface area contributed by atoms with Crippen LogP contribution in [0.2, 0.25) is 0 Å². The van der Waals surface area contributed by atoms with Crippen molar-refractivity contribution in [2.45, 2.75) is 39.2 Å². The summed E-state index contributed by atoms with van der Waals surface area (Å²) in [6.07, 6.45) is 2.59. The molecule has 0 aromatic carbocycles. The minimum atomic E-state index is -3.50. The fraction of sp³-hybridized carbons (Fsp3) is 0.562. The van der Waals surface area contributed by atoms with Crippen molar-refractivity contribution in [1.82, 2.24) is 28.8 Å². The zero-order valence-electron chi connectivity index (χ0n) is 15.0. The number of rotatable bonds is 4. The molecule has 0 radical (unpaired) electrons. The fourth-order valence-electron chi connectivity index (χ4n) is 3.13. The van der Waals surface area contributed by atoms with Gasteiger partial charge in [0.25, 0.3) is 10.2 Å². The molecule has 2 aromatic heterocycles. The summed E-state index contributed by atoms with van der Waals surface area (Å²) in [6, 6.07) is 3.50. The van der Waals surface area contributed by atoms with Crippen molar-refractivity contribution < 1.29 is 8.42 Å². The molecule has 3 heterocycles. The number of hydrogen-bond acceptors (Lipinski definition) is 5. The first kappa shape index (κ1) is 18.0. The van der Waals surface area contributed by atoms with Gasteiger partial charge >= 0.3 is 0 Å². The summed E-state index contributed by atoms with van der Waals surface area (Å²) in [5, 5.41) is 7.16. The minimum absolute atomic E-state index is 0.276. The van der Waals surface area contributed by atoms with Crippen LogP contribution in [0, 0.1) is 13.8 Å². The number of nitrogens with zero attached hydrogens (tertiary/aromatic N) is 5. The van der Waals surface area contributed by atoms with Crippen LogP contribution in [0.1, 0.15) is 42.5 Å². The van der Waals surface area contributed by atoms with Crippen molar-refractivity contribution in [3.8, 4) is 11.4 Å². The van der Waals surface area contributed by atoms with Gasteiger partial charge in [0.15, 0.2) is 0 Å². The molecule has 2 aromatic rings. The van der Waals surface area contributed by atoms with Crippen LogP contribution in [0.25, 0.3) is 11.4 Å². The zero-order chi connectivity index (χ0) is 18.2. The lowest BCUT2D eigenvalue weighted by molar-refractivity contribution is 0.238. The van der Waals surface area contributed by atoms with Crippen molar-refractivity contribution in [3.05, 3.63) is 29.3 Å². The molecule has 0 aliphatic carbocycles. The van der Waals surface area contributed by atoms with E-state index in [1.165, 1.54) is 4.31 Å². The Balaban J connectivity index is 2.03. The topological polar surface area (TPSA) is 95.1 Å². The van der Waals surface area contributed by atoms with Gasteiger partial charge in [-0.1, -0.05) is 6.42 Å². The Morgan fingerprint density at radius 3 is 2.56 bits per heavy atom. The normalized spacial score (nSPS) is 19.5. The summed E-state index contributed by atoms with van der Waals surface area (Å²) in [7, 11) is -0.380. The van der Waals surface area contributed by atoms with Crippen LogP contribution in [0.5, 0.6) is 0 Å². The van der Waals surface area contributed by atoms with Crippen LogP contribution in [-0.2, 0) is 10.2 Å². The van der Waals surface area contributed by atoms with Gasteiger partial charge in [-0.3, -0.25) is 5.10 Å². The van der Waals surface area contributed by atoms with Gasteiger partial charge in [-0.15, -0.1) is 0 Å². The average molecular weight is 364 g/mol. The predicted octanol–water partition coefficient (Wildman–Crippen LogP) is 1.82. The van der Waals surface area contributed by atoms with E-state index in [4.69, 9.17) is 0 Å². The molecule has 1 fully saturated rings. The van der Waals surface area contributed by atoms with E-state index in [1.807, 2.05) is 26.0 Å². The third-order valence-electron chi connectivity index (χ3n) is 4.38. The third-order valence-corrected chi connectivity index (χ3v) is 6.33. The number of aromatic amines is 1. The second-order valence-corrected chi connectivity index (χ2v) is 8.67. The van der Waals surface area contributed by atoms with E-state index in [2.05, 4.69) is 20.2 Å². The number of aromatic nitrogens is 4. The quantitative estimate of drug-likeness (QED) is 0.893. The van der Waals surface area contributed by atoms with Gasteiger partial charge in [-0.2, -0.15) is 22.1 Å². The molecule has 0 unspecified atom stereocenters. The van der Waals surface area contributed by atoms with E-state index in [9.17, 15) is 8.42 Å². The highest BCUT2D eigenvalue weighted by Gasteiger charge is 2.35. The molecule has 25 heavy (non-hydrogen) atoms. The molecule has 1 saturated heterocycles. The number of hydrogen-bond donors (Lipinski definition) is 1. The summed E-state index contributed by atoms with van der Waals surface area (Å²) < 4.78 is 28.2. The maximum atomic E-state index is 12.7. The maximum Gasteiger partial charge on any atom is 0.282 e. The van der Waals surface area contributed by atoms with Crippen LogP contribution in [0.4, 0.5) is 0 Å². The van der Waals surface area contributed by atoms with Gasteiger partial charge in [-0.25, -0.2) is 9.97 Å². The SMILES string of the molecule is Cc1nc(-c2cc(C)[nH]n2)cc([C@@H]2CCCCN2S(=O)(=O)N(C)C)n1. The molecule has 1 N–H and O–H groups in total. The second kappa shape index (κ2) is 6.81. The van der Waals surface area contributed by atoms with Crippen LogP contribution in [0.3, 0.4) is 0 Å². The van der Waals surface area contributed by atoms with E-state index in [1.54, 1.807) is 18.4 Å². The maximum absolute atomic E-state index is 12.7. The molecule has 3 rings (SSSR count). The van der Waals surface area contributed by atoms with E-state index in [0.29, 0.717) is 18.1 Å². The molecular formula is C16H24N6O2S. The van der Waals surface area contributed by atoms with E-state index in [-0.39, 0.29) is 6.04 Å². The molecule has 1 aliphatic rings. The summed E-state index contributed by atoms with van der Waals surface area (Å²) in [5.74, 6) is 0.612. The Bertz CT molecular complexity index is 861. The first-order chi connectivity index (χ1) is 11.8. The van der Waals surface area contributed by atoms with Crippen LogP contribution in [0.15, 0.2) is 12.1 Å². The number of piperidine rings is 1. The number of nitrogens with one attached hydrogen (secondary N) is 1. The molecule has 0 bridgehead atoms. The summed E-state index contributed by atoms with van der Waals surface area (Å²) in [6.45, 7) is 4.25. The minimum Gasteiger partial charge on any atom is -0.282 e. The Morgan fingerprint density at radius 2 is 1.92 bits per heavy atom. The second-order valence-electron chi connectivity index (χ2n) is 6.57. The Kier molecular flexibility index (Phi) is 4.90. The smallest absolute Gasteiger partial charge is 0.282 e. The highest BCUT2D eigenvalue weighted by atomic mass is 32.2. The molecule has 136 valence electrons. The molecule has 0 saturated carbocycles. The first-order valence-corrected chi connectivity index (χ1v) is 9.76. The zero-order valence-corrected chi connectivity index (χ0v) is 15.8. The third kappa shape index (κ3) is 3.58. The Morgan fingerprint density at radius 1 is 1.16 bits per heavy atom. The van der Waals surface area contributed by atoms with E-state index in [0.717, 1.165) is 36.3 Å². The monoisotopic (exact) mass is 364 g/mol. The standard InChI is InChI=1S/C16H24N6O2S/c1-11-9-14(20-19-11)13-10-15(18-12(2)17-13)16-7-5-6-8-22(16)25(23,24)21(3)4/h9-10,16H,5-8H2,1-4H3,(H,19,20)/t16-/m0/s1. The largest absolute Gasteiger partial charge is 0.282 e. The van der Waals surface area contributed by atoms with Crippen molar-refractivity contribution >= 4 is 10.2 Å². The van der Waals surface area contributed by atoms with Gasteiger partial charge in [0, 0.05) is 26.3 Å². The highest BCUT2D eigenvalue weighted by Crippen LogP contribution is 2.34. The van der Waals surface area contributed by atoms with E-state index >= 15 is 0 Å². The number of H-pyrrole nitrogens is 1. The Hall–Kier alpha value is -1.84. The van der Waals surface area contributed by atoms with E-state index < -0.39 is 10.2 Å². The molecule has 8 nitrogen and oxygen atoms in total. The van der Waals surface area contributed by atoms with Gasteiger partial charge < -0.3 is 0 Å². The fourth-order valence-corrected chi connectivity index (χ4v) is 4.44. The molecule has 1 aliphatic heterocycles. The van der Waals surface area contributed by atoms with Gasteiger partial charge in [0.2, 0.25) is 0 Å². The van der Waals surface area contributed by atoms with Gasteiger partial charge in [0.1, 0.15) is 11.5 Å². The van der Waals surface area contributed by atoms with Crippen molar-refractivity contribution in [1.29, 1.82) is 0 Å². The lowest BCUT2D eigenvalue weighted by Gasteiger charge is -2.35.